The summed E-state index contributed by atoms with van der Waals surface area (Å²) in [6.07, 6.45) is 4.08. The highest BCUT2D eigenvalue weighted by Crippen LogP contribution is 2.42. The molecule has 0 aromatic heterocycles. The number of anilines is 1. The predicted molar refractivity (Wildman–Crippen MR) is 73.4 cm³/mol. The predicted octanol–water partition coefficient (Wildman–Crippen LogP) is 2.08. The SMILES string of the molecule is CCCCC12NC(=O)C=C1c1ccccc1NC2=O. The van der Waals surface area contributed by atoms with Crippen LogP contribution in [0.2, 0.25) is 0 Å². The third-order valence-electron chi connectivity index (χ3n) is 3.83. The van der Waals surface area contributed by atoms with Crippen LogP contribution in [-0.4, -0.2) is 17.4 Å². The zero-order valence-electron chi connectivity index (χ0n) is 10.8. The molecule has 2 amide bonds. The molecule has 2 aliphatic heterocycles. The number of amides is 2. The maximum Gasteiger partial charge on any atom is 0.254 e. The lowest BCUT2D eigenvalue weighted by molar-refractivity contribution is -0.125. The van der Waals surface area contributed by atoms with E-state index >= 15 is 0 Å². The van der Waals surface area contributed by atoms with Crippen LogP contribution in [0.4, 0.5) is 5.69 Å². The molecule has 2 N–H and O–H groups in total. The van der Waals surface area contributed by atoms with Crippen LogP contribution in [0.15, 0.2) is 30.3 Å². The van der Waals surface area contributed by atoms with Gasteiger partial charge in [0.2, 0.25) is 5.91 Å². The number of nitrogens with one attached hydrogen (secondary N) is 2. The monoisotopic (exact) mass is 256 g/mol. The van der Waals surface area contributed by atoms with Gasteiger partial charge in [-0.2, -0.15) is 0 Å². The Kier molecular flexibility index (Phi) is 2.66. The highest BCUT2D eigenvalue weighted by Gasteiger charge is 2.50. The standard InChI is InChI=1S/C15H16N2O2/c1-2-3-8-15-11(9-13(18)17-15)10-6-4-5-7-12(10)16-14(15)19/h4-7,9H,2-3,8H2,1H3,(H,16,19)(H,17,18). The molecule has 4 nitrogen and oxygen atoms in total. The van der Waals surface area contributed by atoms with E-state index in [1.54, 1.807) is 6.08 Å². The molecule has 2 heterocycles. The number of fused-ring (bicyclic) bond motifs is 3. The van der Waals surface area contributed by atoms with Crippen molar-refractivity contribution in [2.24, 2.45) is 0 Å². The first kappa shape index (κ1) is 12.0. The number of carbonyl (C=O) groups excluding carboxylic acids is 2. The average molecular weight is 256 g/mol. The highest BCUT2D eigenvalue weighted by atomic mass is 16.2. The van der Waals surface area contributed by atoms with E-state index in [0.717, 1.165) is 29.7 Å². The summed E-state index contributed by atoms with van der Waals surface area (Å²) in [5, 5.41) is 5.76. The van der Waals surface area contributed by atoms with Gasteiger partial charge >= 0.3 is 0 Å². The lowest BCUT2D eigenvalue weighted by Gasteiger charge is -2.36. The second-order valence-electron chi connectivity index (χ2n) is 5.06. The number of benzene rings is 1. The Balaban J connectivity index is 2.13. The smallest absolute Gasteiger partial charge is 0.254 e. The maximum atomic E-state index is 12.4. The Morgan fingerprint density at radius 2 is 2.00 bits per heavy atom. The Morgan fingerprint density at radius 1 is 1.21 bits per heavy atom. The Labute approximate surface area is 111 Å². The van der Waals surface area contributed by atoms with Crippen molar-refractivity contribution in [3.63, 3.8) is 0 Å². The summed E-state index contributed by atoms with van der Waals surface area (Å²) in [6.45, 7) is 2.07. The van der Waals surface area contributed by atoms with Crippen molar-refractivity contribution in [3.8, 4) is 0 Å². The number of para-hydroxylation sites is 1. The molecule has 4 heteroatoms. The lowest BCUT2D eigenvalue weighted by Crippen LogP contribution is -2.55. The van der Waals surface area contributed by atoms with E-state index < -0.39 is 5.54 Å². The molecule has 1 aromatic carbocycles. The fourth-order valence-electron chi connectivity index (χ4n) is 2.86. The van der Waals surface area contributed by atoms with E-state index in [-0.39, 0.29) is 11.8 Å². The van der Waals surface area contributed by atoms with Gasteiger partial charge in [0.05, 0.1) is 0 Å². The third-order valence-corrected chi connectivity index (χ3v) is 3.83. The van der Waals surface area contributed by atoms with Gasteiger partial charge in [0, 0.05) is 22.9 Å². The fourth-order valence-corrected chi connectivity index (χ4v) is 2.86. The van der Waals surface area contributed by atoms with Gasteiger partial charge in [-0.25, -0.2) is 0 Å². The molecule has 1 unspecified atom stereocenters. The quantitative estimate of drug-likeness (QED) is 0.870. The van der Waals surface area contributed by atoms with E-state index in [9.17, 15) is 9.59 Å². The van der Waals surface area contributed by atoms with Crippen LogP contribution >= 0.6 is 0 Å². The molecule has 0 spiro atoms. The average Bonchev–Trinajstić information content (AvgIpc) is 2.75. The van der Waals surface area contributed by atoms with E-state index in [4.69, 9.17) is 0 Å². The van der Waals surface area contributed by atoms with Gasteiger partial charge in [-0.05, 0) is 12.5 Å². The van der Waals surface area contributed by atoms with Crippen molar-refractivity contribution >= 4 is 23.1 Å². The van der Waals surface area contributed by atoms with E-state index in [0.29, 0.717) is 6.42 Å². The molecular formula is C15H16N2O2. The first-order chi connectivity index (χ1) is 9.17. The van der Waals surface area contributed by atoms with Crippen LogP contribution in [0, 0.1) is 0 Å². The Hall–Kier alpha value is -2.10. The second kappa shape index (κ2) is 4.23. The number of rotatable bonds is 3. The third kappa shape index (κ3) is 1.67. The molecule has 2 aliphatic rings. The van der Waals surface area contributed by atoms with Crippen molar-refractivity contribution in [3.05, 3.63) is 35.9 Å². The van der Waals surface area contributed by atoms with Gasteiger partial charge < -0.3 is 10.6 Å². The van der Waals surface area contributed by atoms with E-state index in [1.807, 2.05) is 24.3 Å². The van der Waals surface area contributed by atoms with Gasteiger partial charge in [-0.15, -0.1) is 0 Å². The number of unbranched alkanes of at least 4 members (excludes halogenated alkanes) is 1. The number of carbonyl (C=O) groups is 2. The van der Waals surface area contributed by atoms with Gasteiger partial charge in [0.1, 0.15) is 5.54 Å². The molecule has 3 rings (SSSR count). The van der Waals surface area contributed by atoms with Crippen molar-refractivity contribution < 1.29 is 9.59 Å². The summed E-state index contributed by atoms with van der Waals surface area (Å²) in [5.41, 5.74) is 1.66. The largest absolute Gasteiger partial charge is 0.334 e. The molecule has 1 atom stereocenters. The molecule has 1 aromatic rings. The molecule has 0 aliphatic carbocycles. The van der Waals surface area contributed by atoms with Gasteiger partial charge in [-0.3, -0.25) is 9.59 Å². The van der Waals surface area contributed by atoms with Crippen molar-refractivity contribution in [2.45, 2.75) is 31.7 Å². The fraction of sp³-hybridized carbons (Fsp3) is 0.333. The maximum absolute atomic E-state index is 12.4. The number of hydrogen-bond donors (Lipinski definition) is 2. The normalized spacial score (nSPS) is 24.2. The first-order valence-corrected chi connectivity index (χ1v) is 6.62. The van der Waals surface area contributed by atoms with Crippen molar-refractivity contribution in [2.75, 3.05) is 5.32 Å². The minimum absolute atomic E-state index is 0.128. The molecule has 98 valence electrons. The van der Waals surface area contributed by atoms with Crippen molar-refractivity contribution in [1.82, 2.24) is 5.32 Å². The van der Waals surface area contributed by atoms with Gasteiger partial charge in [0.25, 0.3) is 5.91 Å². The van der Waals surface area contributed by atoms with Crippen LogP contribution in [0.1, 0.15) is 31.7 Å². The first-order valence-electron chi connectivity index (χ1n) is 6.62. The minimum atomic E-state index is -0.874. The summed E-state index contributed by atoms with van der Waals surface area (Å²) in [6, 6.07) is 7.61. The summed E-state index contributed by atoms with van der Waals surface area (Å²) in [4.78, 5) is 24.2. The second-order valence-corrected chi connectivity index (χ2v) is 5.06. The van der Waals surface area contributed by atoms with E-state index in [2.05, 4.69) is 17.6 Å². The zero-order chi connectivity index (χ0) is 13.5. The summed E-state index contributed by atoms with van der Waals surface area (Å²) in [5.74, 6) is -0.310. The summed E-state index contributed by atoms with van der Waals surface area (Å²) < 4.78 is 0. The van der Waals surface area contributed by atoms with Crippen LogP contribution in [0.25, 0.3) is 5.57 Å². The minimum Gasteiger partial charge on any atom is -0.334 e. The van der Waals surface area contributed by atoms with Crippen LogP contribution in [-0.2, 0) is 9.59 Å². The highest BCUT2D eigenvalue weighted by molar-refractivity contribution is 6.21. The van der Waals surface area contributed by atoms with Gasteiger partial charge in [-0.1, -0.05) is 38.0 Å². The molecule has 19 heavy (non-hydrogen) atoms. The molecule has 0 radical (unpaired) electrons. The van der Waals surface area contributed by atoms with Crippen LogP contribution in [0.3, 0.4) is 0 Å². The lowest BCUT2D eigenvalue weighted by atomic mass is 9.79. The van der Waals surface area contributed by atoms with Crippen LogP contribution < -0.4 is 10.6 Å². The molecule has 0 saturated heterocycles. The Morgan fingerprint density at radius 3 is 2.79 bits per heavy atom. The Bertz CT molecular complexity index is 592. The van der Waals surface area contributed by atoms with Gasteiger partial charge in [0.15, 0.2) is 0 Å². The van der Waals surface area contributed by atoms with E-state index in [1.165, 1.54) is 0 Å². The van der Waals surface area contributed by atoms with Crippen molar-refractivity contribution in [1.29, 1.82) is 0 Å². The zero-order valence-corrected chi connectivity index (χ0v) is 10.8. The number of hydrogen-bond acceptors (Lipinski definition) is 2. The molecule has 0 fully saturated rings. The topological polar surface area (TPSA) is 58.2 Å². The molecule has 0 saturated carbocycles. The molecular weight excluding hydrogens is 240 g/mol. The summed E-state index contributed by atoms with van der Waals surface area (Å²) in [7, 11) is 0. The van der Waals surface area contributed by atoms with Crippen LogP contribution in [0.5, 0.6) is 0 Å². The summed E-state index contributed by atoms with van der Waals surface area (Å²) >= 11 is 0. The molecule has 0 bridgehead atoms.